The van der Waals surface area contributed by atoms with Crippen LogP contribution < -0.4 is 0 Å². The number of benzene rings is 1. The number of hydrogen-bond acceptors (Lipinski definition) is 2. The summed E-state index contributed by atoms with van der Waals surface area (Å²) in [6, 6.07) is 7.89. The summed E-state index contributed by atoms with van der Waals surface area (Å²) in [7, 11) is 0. The number of carbonyl (C=O) groups excluding carboxylic acids is 2. The molecule has 0 atom stereocenters. The van der Waals surface area contributed by atoms with Crippen LogP contribution >= 0.6 is 0 Å². The van der Waals surface area contributed by atoms with Gasteiger partial charge in [0.25, 0.3) is 0 Å². The molecule has 1 fully saturated rings. The molecule has 96 valence electrons. The molecule has 0 N–H and O–H groups in total. The smallest absolute Gasteiger partial charge is 0.219 e. The van der Waals surface area contributed by atoms with E-state index in [0.717, 1.165) is 31.5 Å². The van der Waals surface area contributed by atoms with Crippen molar-refractivity contribution in [1.82, 2.24) is 4.90 Å². The third kappa shape index (κ3) is 2.78. The Balaban J connectivity index is 2.01. The second-order valence-corrected chi connectivity index (χ2v) is 4.96. The van der Waals surface area contributed by atoms with Crippen molar-refractivity contribution >= 4 is 11.7 Å². The summed E-state index contributed by atoms with van der Waals surface area (Å²) in [6.45, 7) is 4.89. The molecule has 1 aliphatic heterocycles. The van der Waals surface area contributed by atoms with Gasteiger partial charge in [0.15, 0.2) is 5.78 Å². The van der Waals surface area contributed by atoms with E-state index in [4.69, 9.17) is 0 Å². The lowest BCUT2D eigenvalue weighted by Gasteiger charge is -2.31. The molecular formula is C15H19NO2. The average Bonchev–Trinajstić information content (AvgIpc) is 2.39. The summed E-state index contributed by atoms with van der Waals surface area (Å²) >= 11 is 0. The minimum absolute atomic E-state index is 0.105. The molecule has 3 heteroatoms. The van der Waals surface area contributed by atoms with Crippen molar-refractivity contribution in [3.63, 3.8) is 0 Å². The fraction of sp³-hybridized carbons (Fsp3) is 0.467. The molecular weight excluding hydrogens is 226 g/mol. The first-order chi connectivity index (χ1) is 8.58. The fourth-order valence-corrected chi connectivity index (χ4v) is 2.52. The Hall–Kier alpha value is -1.64. The SMILES string of the molecule is CC(=O)c1ccc(C2CCN(C(C)=O)CC2)cc1. The molecule has 0 aromatic heterocycles. The van der Waals surface area contributed by atoms with Gasteiger partial charge in [-0.25, -0.2) is 0 Å². The summed E-state index contributed by atoms with van der Waals surface area (Å²) in [4.78, 5) is 24.4. The van der Waals surface area contributed by atoms with Crippen LogP contribution in [0.5, 0.6) is 0 Å². The van der Waals surface area contributed by atoms with Crippen LogP contribution in [0, 0.1) is 0 Å². The minimum Gasteiger partial charge on any atom is -0.343 e. The Labute approximate surface area is 108 Å². The van der Waals surface area contributed by atoms with Crippen molar-refractivity contribution in [2.45, 2.75) is 32.6 Å². The molecule has 1 amide bonds. The van der Waals surface area contributed by atoms with E-state index in [0.29, 0.717) is 5.92 Å². The van der Waals surface area contributed by atoms with Crippen LogP contribution in [-0.2, 0) is 4.79 Å². The Morgan fingerprint density at radius 2 is 1.61 bits per heavy atom. The van der Waals surface area contributed by atoms with Crippen LogP contribution in [-0.4, -0.2) is 29.7 Å². The van der Waals surface area contributed by atoms with Gasteiger partial charge in [-0.2, -0.15) is 0 Å². The molecule has 3 nitrogen and oxygen atoms in total. The Morgan fingerprint density at radius 1 is 1.06 bits per heavy atom. The molecule has 0 aliphatic carbocycles. The van der Waals surface area contributed by atoms with Gasteiger partial charge >= 0.3 is 0 Å². The first-order valence-corrected chi connectivity index (χ1v) is 6.44. The third-order valence-corrected chi connectivity index (χ3v) is 3.73. The Morgan fingerprint density at radius 3 is 2.06 bits per heavy atom. The van der Waals surface area contributed by atoms with Crippen LogP contribution in [0.25, 0.3) is 0 Å². The zero-order valence-corrected chi connectivity index (χ0v) is 11.0. The maximum Gasteiger partial charge on any atom is 0.219 e. The lowest BCUT2D eigenvalue weighted by molar-refractivity contribution is -0.129. The molecule has 1 aromatic carbocycles. The molecule has 1 saturated heterocycles. The monoisotopic (exact) mass is 245 g/mol. The molecule has 1 aromatic rings. The Kier molecular flexibility index (Phi) is 3.80. The normalized spacial score (nSPS) is 16.7. The van der Waals surface area contributed by atoms with Crippen LogP contribution in [0.3, 0.4) is 0 Å². The van der Waals surface area contributed by atoms with E-state index in [1.54, 1.807) is 13.8 Å². The molecule has 1 heterocycles. The van der Waals surface area contributed by atoms with Gasteiger partial charge in [0, 0.05) is 25.6 Å². The molecule has 0 spiro atoms. The second kappa shape index (κ2) is 5.34. The highest BCUT2D eigenvalue weighted by Crippen LogP contribution is 2.28. The second-order valence-electron chi connectivity index (χ2n) is 4.96. The Bertz CT molecular complexity index is 442. The van der Waals surface area contributed by atoms with Crippen molar-refractivity contribution in [3.05, 3.63) is 35.4 Å². The molecule has 0 bridgehead atoms. The van der Waals surface area contributed by atoms with Crippen molar-refractivity contribution in [2.24, 2.45) is 0 Å². The van der Waals surface area contributed by atoms with Crippen LogP contribution in [0.2, 0.25) is 0 Å². The highest BCUT2D eigenvalue weighted by Gasteiger charge is 2.21. The first-order valence-electron chi connectivity index (χ1n) is 6.44. The van der Waals surface area contributed by atoms with E-state index in [1.165, 1.54) is 5.56 Å². The fourth-order valence-electron chi connectivity index (χ4n) is 2.52. The number of amides is 1. The zero-order chi connectivity index (χ0) is 13.1. The van der Waals surface area contributed by atoms with Gasteiger partial charge in [-0.1, -0.05) is 24.3 Å². The largest absolute Gasteiger partial charge is 0.343 e. The topological polar surface area (TPSA) is 37.4 Å². The first kappa shape index (κ1) is 12.8. The quantitative estimate of drug-likeness (QED) is 0.751. The summed E-state index contributed by atoms with van der Waals surface area (Å²) in [5, 5.41) is 0. The van der Waals surface area contributed by atoms with Crippen molar-refractivity contribution < 1.29 is 9.59 Å². The van der Waals surface area contributed by atoms with Crippen molar-refractivity contribution in [1.29, 1.82) is 0 Å². The van der Waals surface area contributed by atoms with Crippen molar-refractivity contribution in [2.75, 3.05) is 13.1 Å². The van der Waals surface area contributed by atoms with Gasteiger partial charge in [0.2, 0.25) is 5.91 Å². The number of nitrogens with zero attached hydrogens (tertiary/aromatic N) is 1. The molecule has 1 aliphatic rings. The summed E-state index contributed by atoms with van der Waals surface area (Å²) in [5.41, 5.74) is 2.04. The highest BCUT2D eigenvalue weighted by molar-refractivity contribution is 5.94. The van der Waals surface area contributed by atoms with Gasteiger partial charge in [0.05, 0.1) is 0 Å². The van der Waals surface area contributed by atoms with Gasteiger partial charge in [0.1, 0.15) is 0 Å². The third-order valence-electron chi connectivity index (χ3n) is 3.73. The van der Waals surface area contributed by atoms with E-state index in [2.05, 4.69) is 0 Å². The van der Waals surface area contributed by atoms with Gasteiger partial charge in [-0.05, 0) is 31.2 Å². The molecule has 0 saturated carbocycles. The van der Waals surface area contributed by atoms with Gasteiger partial charge in [-0.3, -0.25) is 9.59 Å². The van der Waals surface area contributed by atoms with E-state index in [-0.39, 0.29) is 11.7 Å². The molecule has 2 rings (SSSR count). The predicted octanol–water partition coefficient (Wildman–Crippen LogP) is 2.62. The number of hydrogen-bond donors (Lipinski definition) is 0. The standard InChI is InChI=1S/C15H19NO2/c1-11(17)13-3-5-14(6-4-13)15-7-9-16(10-8-15)12(2)18/h3-6,15H,7-10H2,1-2H3. The number of rotatable bonds is 2. The van der Waals surface area contributed by atoms with Gasteiger partial charge < -0.3 is 4.90 Å². The summed E-state index contributed by atoms with van der Waals surface area (Å²) < 4.78 is 0. The maximum atomic E-state index is 11.3. The van der Waals surface area contributed by atoms with E-state index in [9.17, 15) is 9.59 Å². The molecule has 18 heavy (non-hydrogen) atoms. The molecule has 0 unspecified atom stereocenters. The number of Topliss-reactive ketones (excluding diaryl/α,β-unsaturated/α-hetero) is 1. The van der Waals surface area contributed by atoms with Crippen LogP contribution in [0.4, 0.5) is 0 Å². The minimum atomic E-state index is 0.105. The van der Waals surface area contributed by atoms with E-state index in [1.807, 2.05) is 29.2 Å². The number of piperidine rings is 1. The summed E-state index contributed by atoms with van der Waals surface area (Å²) in [6.07, 6.45) is 2.03. The maximum absolute atomic E-state index is 11.3. The average molecular weight is 245 g/mol. The van der Waals surface area contributed by atoms with Crippen LogP contribution in [0.15, 0.2) is 24.3 Å². The number of carbonyl (C=O) groups is 2. The summed E-state index contributed by atoms with van der Waals surface area (Å²) in [5.74, 6) is 0.787. The number of likely N-dealkylation sites (tertiary alicyclic amines) is 1. The zero-order valence-electron chi connectivity index (χ0n) is 11.0. The van der Waals surface area contributed by atoms with E-state index >= 15 is 0 Å². The molecule has 0 radical (unpaired) electrons. The van der Waals surface area contributed by atoms with Gasteiger partial charge in [-0.15, -0.1) is 0 Å². The number of ketones is 1. The highest BCUT2D eigenvalue weighted by atomic mass is 16.2. The van der Waals surface area contributed by atoms with Crippen LogP contribution in [0.1, 0.15) is 48.5 Å². The predicted molar refractivity (Wildman–Crippen MR) is 70.7 cm³/mol. The lowest BCUT2D eigenvalue weighted by Crippen LogP contribution is -2.36. The lowest BCUT2D eigenvalue weighted by atomic mass is 9.89. The van der Waals surface area contributed by atoms with E-state index < -0.39 is 0 Å². The van der Waals surface area contributed by atoms with Crippen molar-refractivity contribution in [3.8, 4) is 0 Å².